The van der Waals surface area contributed by atoms with Crippen LogP contribution in [0.2, 0.25) is 0 Å². The molecule has 5 heteroatoms. The van der Waals surface area contributed by atoms with E-state index >= 15 is 0 Å². The molecule has 0 saturated heterocycles. The lowest BCUT2D eigenvalue weighted by Gasteiger charge is -1.83. The van der Waals surface area contributed by atoms with Crippen LogP contribution < -0.4 is 0 Å². The molecule has 0 unspecified atom stereocenters. The molecule has 0 radical (unpaired) electrons. The second-order valence-electron chi connectivity index (χ2n) is 3.34. The average Bonchev–Trinajstić information content (AvgIpc) is 2.95. The summed E-state index contributed by atoms with van der Waals surface area (Å²) >= 11 is 0. The van der Waals surface area contributed by atoms with E-state index < -0.39 is 0 Å². The van der Waals surface area contributed by atoms with Crippen molar-refractivity contribution in [1.82, 2.24) is 15.2 Å². The van der Waals surface area contributed by atoms with Gasteiger partial charge in [0.05, 0.1) is 0 Å². The monoisotopic (exact) mass is 215 g/mol. The maximum Gasteiger partial charge on any atom is 0.304 e. The molecule has 0 saturated carbocycles. The third kappa shape index (κ3) is 1.37. The molecule has 16 heavy (non-hydrogen) atoms. The molecule has 5 nitrogen and oxygen atoms in total. The first kappa shape index (κ1) is 9.08. The Bertz CT molecular complexity index is 594. The number of benzene rings is 1. The maximum atomic E-state index is 5.50. The topological polar surface area (TPSA) is 65.0 Å². The zero-order valence-electron chi connectivity index (χ0n) is 8.67. The van der Waals surface area contributed by atoms with Crippen molar-refractivity contribution in [3.8, 4) is 11.8 Å². The summed E-state index contributed by atoms with van der Waals surface area (Å²) in [7, 11) is 0. The van der Waals surface area contributed by atoms with Crippen molar-refractivity contribution in [1.29, 1.82) is 0 Å². The van der Waals surface area contributed by atoms with E-state index in [0.29, 0.717) is 29.7 Å². The Morgan fingerprint density at radius 2 is 1.94 bits per heavy atom. The summed E-state index contributed by atoms with van der Waals surface area (Å²) < 4.78 is 10.9. The van der Waals surface area contributed by atoms with Crippen LogP contribution in [0.4, 0.5) is 0 Å². The number of para-hydroxylation sites is 2. The van der Waals surface area contributed by atoms with Gasteiger partial charge in [-0.2, -0.15) is 0 Å². The molecule has 0 bridgehead atoms. The summed E-state index contributed by atoms with van der Waals surface area (Å²) in [6.07, 6.45) is 0.702. The SMILES string of the molecule is CCc1nnc(-c2nc3ccccc3o2)o1. The first-order chi connectivity index (χ1) is 7.86. The number of hydrogen-bond acceptors (Lipinski definition) is 5. The van der Waals surface area contributed by atoms with Gasteiger partial charge in [-0.05, 0) is 12.1 Å². The van der Waals surface area contributed by atoms with Gasteiger partial charge >= 0.3 is 5.89 Å². The summed E-state index contributed by atoms with van der Waals surface area (Å²) in [6.45, 7) is 1.95. The number of fused-ring (bicyclic) bond motifs is 1. The Balaban J connectivity index is 2.11. The van der Waals surface area contributed by atoms with Crippen molar-refractivity contribution < 1.29 is 8.83 Å². The Hall–Kier alpha value is -2.17. The van der Waals surface area contributed by atoms with Crippen LogP contribution in [0, 0.1) is 0 Å². The molecule has 80 valence electrons. The zero-order valence-corrected chi connectivity index (χ0v) is 8.67. The van der Waals surface area contributed by atoms with Crippen LogP contribution >= 0.6 is 0 Å². The van der Waals surface area contributed by atoms with Gasteiger partial charge in [0.1, 0.15) is 5.52 Å². The Kier molecular flexibility index (Phi) is 1.96. The summed E-state index contributed by atoms with van der Waals surface area (Å²) in [6, 6.07) is 7.52. The fraction of sp³-hybridized carbons (Fsp3) is 0.182. The molecule has 2 heterocycles. The average molecular weight is 215 g/mol. The highest BCUT2D eigenvalue weighted by Gasteiger charge is 2.14. The molecule has 0 N–H and O–H groups in total. The predicted octanol–water partition coefficient (Wildman–Crippen LogP) is 2.44. The third-order valence-corrected chi connectivity index (χ3v) is 2.25. The highest BCUT2D eigenvalue weighted by molar-refractivity contribution is 5.74. The van der Waals surface area contributed by atoms with E-state index in [1.165, 1.54) is 0 Å². The second-order valence-corrected chi connectivity index (χ2v) is 3.34. The number of rotatable bonds is 2. The van der Waals surface area contributed by atoms with E-state index in [0.717, 1.165) is 5.52 Å². The lowest BCUT2D eigenvalue weighted by atomic mass is 10.3. The Morgan fingerprint density at radius 3 is 2.69 bits per heavy atom. The van der Waals surface area contributed by atoms with Crippen molar-refractivity contribution in [2.24, 2.45) is 0 Å². The molecule has 1 aromatic carbocycles. The Labute approximate surface area is 91.1 Å². The Morgan fingerprint density at radius 1 is 1.06 bits per heavy atom. The van der Waals surface area contributed by atoms with Crippen LogP contribution in [0.1, 0.15) is 12.8 Å². The van der Waals surface area contributed by atoms with Gasteiger partial charge in [0, 0.05) is 6.42 Å². The van der Waals surface area contributed by atoms with Crippen LogP contribution in [-0.4, -0.2) is 15.2 Å². The van der Waals surface area contributed by atoms with Gasteiger partial charge in [-0.3, -0.25) is 0 Å². The van der Waals surface area contributed by atoms with Gasteiger partial charge in [-0.25, -0.2) is 4.98 Å². The lowest BCUT2D eigenvalue weighted by Crippen LogP contribution is -1.76. The van der Waals surface area contributed by atoms with Crippen molar-refractivity contribution in [3.63, 3.8) is 0 Å². The molecular weight excluding hydrogens is 206 g/mol. The van der Waals surface area contributed by atoms with Gasteiger partial charge in [-0.1, -0.05) is 19.1 Å². The smallest absolute Gasteiger partial charge is 0.304 e. The van der Waals surface area contributed by atoms with E-state index in [9.17, 15) is 0 Å². The van der Waals surface area contributed by atoms with Crippen molar-refractivity contribution in [3.05, 3.63) is 30.2 Å². The number of aryl methyl sites for hydroxylation is 1. The van der Waals surface area contributed by atoms with Gasteiger partial charge in [0.2, 0.25) is 5.89 Å². The minimum Gasteiger partial charge on any atom is -0.432 e. The first-order valence-corrected chi connectivity index (χ1v) is 5.05. The van der Waals surface area contributed by atoms with Gasteiger partial charge in [0.25, 0.3) is 5.89 Å². The van der Waals surface area contributed by atoms with Crippen LogP contribution in [0.3, 0.4) is 0 Å². The number of oxazole rings is 1. The molecule has 3 aromatic rings. The summed E-state index contributed by atoms with van der Waals surface area (Å²) in [4.78, 5) is 4.27. The summed E-state index contributed by atoms with van der Waals surface area (Å²) in [5, 5.41) is 7.74. The van der Waals surface area contributed by atoms with Crippen LogP contribution in [0.15, 0.2) is 33.1 Å². The molecule has 0 aliphatic heterocycles. The quantitative estimate of drug-likeness (QED) is 0.656. The number of hydrogen-bond donors (Lipinski definition) is 0. The molecule has 0 fully saturated rings. The predicted molar refractivity (Wildman–Crippen MR) is 56.7 cm³/mol. The van der Waals surface area contributed by atoms with E-state index in [2.05, 4.69) is 15.2 Å². The molecular formula is C11H9N3O2. The van der Waals surface area contributed by atoms with Gasteiger partial charge < -0.3 is 8.83 Å². The third-order valence-electron chi connectivity index (χ3n) is 2.25. The molecule has 0 atom stereocenters. The number of aromatic nitrogens is 3. The van der Waals surface area contributed by atoms with Crippen LogP contribution in [0.25, 0.3) is 22.9 Å². The van der Waals surface area contributed by atoms with Crippen LogP contribution in [0.5, 0.6) is 0 Å². The highest BCUT2D eigenvalue weighted by Crippen LogP contribution is 2.22. The largest absolute Gasteiger partial charge is 0.432 e. The lowest BCUT2D eigenvalue weighted by molar-refractivity contribution is 0.488. The minimum atomic E-state index is 0.327. The number of nitrogens with zero attached hydrogens (tertiary/aromatic N) is 3. The van der Waals surface area contributed by atoms with E-state index in [1.54, 1.807) is 0 Å². The van der Waals surface area contributed by atoms with Crippen molar-refractivity contribution in [2.75, 3.05) is 0 Å². The maximum absolute atomic E-state index is 5.50. The van der Waals surface area contributed by atoms with E-state index in [1.807, 2.05) is 31.2 Å². The molecule has 0 aliphatic rings. The highest BCUT2D eigenvalue weighted by atomic mass is 16.4. The van der Waals surface area contributed by atoms with Crippen molar-refractivity contribution in [2.45, 2.75) is 13.3 Å². The fourth-order valence-electron chi connectivity index (χ4n) is 1.45. The van der Waals surface area contributed by atoms with Crippen LogP contribution in [-0.2, 0) is 6.42 Å². The van der Waals surface area contributed by atoms with E-state index in [-0.39, 0.29) is 0 Å². The fourth-order valence-corrected chi connectivity index (χ4v) is 1.45. The zero-order chi connectivity index (χ0) is 11.0. The van der Waals surface area contributed by atoms with E-state index in [4.69, 9.17) is 8.83 Å². The minimum absolute atomic E-state index is 0.327. The van der Waals surface area contributed by atoms with Gasteiger partial charge in [-0.15, -0.1) is 10.2 Å². The summed E-state index contributed by atoms with van der Waals surface area (Å²) in [5.74, 6) is 1.28. The molecule has 0 amide bonds. The summed E-state index contributed by atoms with van der Waals surface area (Å²) in [5.41, 5.74) is 1.50. The second kappa shape index (κ2) is 3.44. The van der Waals surface area contributed by atoms with Gasteiger partial charge in [0.15, 0.2) is 5.58 Å². The molecule has 0 aliphatic carbocycles. The molecule has 3 rings (SSSR count). The molecule has 2 aromatic heterocycles. The standard InChI is InChI=1S/C11H9N3O2/c1-2-9-13-14-11(16-9)10-12-7-5-3-4-6-8(7)15-10/h3-6H,2H2,1H3. The normalized spacial score (nSPS) is 11.1. The first-order valence-electron chi connectivity index (χ1n) is 5.05. The molecule has 0 spiro atoms. The van der Waals surface area contributed by atoms with Crippen molar-refractivity contribution >= 4 is 11.1 Å².